The van der Waals surface area contributed by atoms with Gasteiger partial charge in [0.25, 0.3) is 0 Å². The molecular formula is C111H124Cl6N12O16S. The summed E-state index contributed by atoms with van der Waals surface area (Å²) < 4.78 is 50.8. The highest BCUT2D eigenvalue weighted by Crippen LogP contribution is 2.46. The maximum absolute atomic E-state index is 13.4. The largest absolute Gasteiger partial charge is 0.494 e. The summed E-state index contributed by atoms with van der Waals surface area (Å²) in [6, 6.07) is 60.7. The fraction of sp³-hybridized carbons (Fsp3) is 0.396. The van der Waals surface area contributed by atoms with Crippen LogP contribution in [0.2, 0.25) is 25.1 Å². The van der Waals surface area contributed by atoms with Gasteiger partial charge in [0.15, 0.2) is 0 Å². The van der Waals surface area contributed by atoms with Gasteiger partial charge in [-0.15, -0.1) is 11.6 Å². The zero-order valence-electron chi connectivity index (χ0n) is 82.3. The maximum Gasteiger partial charge on any atom is 0.410 e. The Bertz CT molecular complexity index is 6430. The Balaban J connectivity index is 0.000000133. The van der Waals surface area contributed by atoms with E-state index in [4.69, 9.17) is 112 Å². The van der Waals surface area contributed by atoms with Crippen molar-refractivity contribution in [3.63, 3.8) is 0 Å². The second kappa shape index (κ2) is 50.6. The summed E-state index contributed by atoms with van der Waals surface area (Å²) in [6.07, 6.45) is 2.05. The van der Waals surface area contributed by atoms with Gasteiger partial charge in [0.1, 0.15) is 79.2 Å². The van der Waals surface area contributed by atoms with Crippen LogP contribution < -0.4 is 18.9 Å². The molecule has 5 amide bonds. The molecule has 9 aromatic carbocycles. The number of nitrogens with one attached hydrogen (secondary N) is 4. The van der Waals surface area contributed by atoms with Gasteiger partial charge in [0, 0.05) is 220 Å². The van der Waals surface area contributed by atoms with Gasteiger partial charge in [0.05, 0.1) is 46.2 Å². The molecule has 13 aromatic rings. The number of halogens is 6. The third-order valence-electron chi connectivity index (χ3n) is 27.5. The average Bonchev–Trinajstić information content (AvgIpc) is 1.59. The van der Waals surface area contributed by atoms with Crippen LogP contribution >= 0.6 is 81.4 Å². The van der Waals surface area contributed by atoms with Crippen molar-refractivity contribution >= 4 is 155 Å². The summed E-state index contributed by atoms with van der Waals surface area (Å²) in [7, 11) is 0. The van der Waals surface area contributed by atoms with Crippen molar-refractivity contribution in [1.29, 1.82) is 0 Å². The number of nitrogens with zero attached hydrogens (tertiary/aromatic N) is 8. The van der Waals surface area contributed by atoms with Crippen molar-refractivity contribution in [3.8, 4) is 23.0 Å². The third kappa shape index (κ3) is 26.0. The summed E-state index contributed by atoms with van der Waals surface area (Å²) in [4.78, 5) is 93.5. The lowest BCUT2D eigenvalue weighted by Gasteiger charge is -2.35. The lowest BCUT2D eigenvalue weighted by Crippen LogP contribution is -2.48. The number of carbonyl (C=O) groups is 5. The SMILES string of the molecule is CCOC(=O)N1CCc2c([nH]c3ccc(Cl)cc23)C1c1ccc(OCC(O)CN2CCOCC2)cc1.CCOC(=O)N1CCc2c([nH]c3ccc(Cl)cc23)C1c1ccc(OCC(O)CN2CCSCC2)cc1.CCOC(=O)N1CCc2c([nH]c3ccc(Cl)cc23)C1c1ccc(OCCCN2CCN(C(C)=O)CC2)cc1.O=C(OCc1ccccc1Cl)N1CCc2c([nH]c3ccc(Cl)cc23)C1c1ccc(OCCCCl)cc1. The number of aromatic nitrogens is 4. The number of aliphatic hydroxyl groups excluding tert-OH is 2. The van der Waals surface area contributed by atoms with Gasteiger partial charge < -0.3 is 77.7 Å². The van der Waals surface area contributed by atoms with Gasteiger partial charge >= 0.3 is 24.4 Å². The first kappa shape index (κ1) is 106. The van der Waals surface area contributed by atoms with E-state index in [0.29, 0.717) is 141 Å². The number of alkyl halides is 1. The molecule has 3 fully saturated rings. The standard InChI is InChI=1S/C29H35ClN4O4.C28H25Cl3N2O3.C27H32ClN3O5.C27H32ClN3O4S/c1-3-37-29(36)34-13-11-24-25-19-22(30)7-10-26(25)31-27(24)28(34)21-5-8-23(9-6-21)38-18-4-12-32-14-16-33(17-15-32)20(2)35;29-13-3-15-35-21-9-6-18(7-10-21)27-26-22(23-16-20(30)8-11-25(23)32-26)12-14-33(27)28(34)36-17-19-4-1-2-5-24(19)31;1-2-35-27(33)31-10-9-22-23-15-19(28)5-8-24(23)29-25(22)26(31)18-3-6-21(7-4-18)36-17-20(32)16-30-11-13-34-14-12-30;1-2-34-27(33)31-10-9-22-23-15-19(28)5-8-24(23)29-25(22)26(31)18-3-6-21(7-4-18)35-17-20(32)16-30-11-13-36-14-12-30/h5-10,19,28,31H,3-4,11-18H2,1-2H3;1-2,4-11,16,27,32H,3,12-15,17H2;2*3-8,15,20,26,29,32H,2,9-14,16-17H2,1H3. The number of benzene rings is 9. The smallest absolute Gasteiger partial charge is 0.410 e. The zero-order valence-corrected chi connectivity index (χ0v) is 87.7. The summed E-state index contributed by atoms with van der Waals surface area (Å²) in [5.41, 5.74) is 17.2. The Hall–Kier alpha value is -11.3. The minimum atomic E-state index is -0.582. The number of H-pyrrole nitrogens is 4. The highest BCUT2D eigenvalue weighted by atomic mass is 35.5. The topological polar surface area (TPSA) is 298 Å². The van der Waals surface area contributed by atoms with Gasteiger partial charge in [-0.2, -0.15) is 11.8 Å². The molecule has 0 saturated carbocycles. The van der Waals surface area contributed by atoms with Crippen molar-refractivity contribution < 1.29 is 76.8 Å². The highest BCUT2D eigenvalue weighted by molar-refractivity contribution is 7.99. The van der Waals surface area contributed by atoms with Crippen LogP contribution in [0.3, 0.4) is 0 Å². The third-order valence-corrected chi connectivity index (χ3v) is 30.0. The number of aromatic amines is 4. The van der Waals surface area contributed by atoms with Gasteiger partial charge in [-0.25, -0.2) is 19.2 Å². The number of thioether (sulfide) groups is 1. The molecule has 772 valence electrons. The van der Waals surface area contributed by atoms with Crippen LogP contribution in [0.4, 0.5) is 19.2 Å². The van der Waals surface area contributed by atoms with Gasteiger partial charge in [-0.3, -0.25) is 39.1 Å². The molecule has 0 radical (unpaired) electrons. The van der Waals surface area contributed by atoms with E-state index in [1.807, 2.05) is 225 Å². The van der Waals surface area contributed by atoms with Crippen molar-refractivity contribution in [3.05, 3.63) is 292 Å². The Labute approximate surface area is 884 Å². The Morgan fingerprint density at radius 1 is 0.397 bits per heavy atom. The van der Waals surface area contributed by atoms with Crippen molar-refractivity contribution in [2.75, 3.05) is 175 Å². The zero-order chi connectivity index (χ0) is 102. The van der Waals surface area contributed by atoms with Crippen LogP contribution in [0.1, 0.15) is 138 Å². The number of aliphatic hydroxyl groups is 2. The van der Waals surface area contributed by atoms with E-state index >= 15 is 0 Å². The van der Waals surface area contributed by atoms with Crippen LogP contribution in [0.15, 0.2) is 194 Å². The first-order valence-corrected chi connectivity index (χ1v) is 53.7. The molecule has 0 spiro atoms. The first-order chi connectivity index (χ1) is 71.0. The minimum Gasteiger partial charge on any atom is -0.494 e. The van der Waals surface area contributed by atoms with Crippen LogP contribution in [0.5, 0.6) is 23.0 Å². The molecule has 7 aliphatic heterocycles. The van der Waals surface area contributed by atoms with E-state index in [-0.39, 0.29) is 68.2 Å². The second-order valence-electron chi connectivity index (χ2n) is 36.9. The molecule has 4 aromatic heterocycles. The fourth-order valence-corrected chi connectivity index (χ4v) is 22.3. The van der Waals surface area contributed by atoms with E-state index in [2.05, 4.69) is 34.6 Å². The van der Waals surface area contributed by atoms with Crippen molar-refractivity contribution in [1.82, 2.24) is 59.1 Å². The number of amides is 5. The van der Waals surface area contributed by atoms with Gasteiger partial charge in [0.2, 0.25) is 5.91 Å². The Kier molecular flexibility index (Phi) is 36.8. The van der Waals surface area contributed by atoms with E-state index < -0.39 is 18.3 Å². The van der Waals surface area contributed by atoms with Crippen LogP contribution in [0.25, 0.3) is 43.6 Å². The number of hydrogen-bond donors (Lipinski definition) is 6. The molecule has 35 heteroatoms. The summed E-state index contributed by atoms with van der Waals surface area (Å²) in [5.74, 6) is 5.86. The van der Waals surface area contributed by atoms with Crippen LogP contribution in [-0.2, 0) is 60.8 Å². The fourth-order valence-electron chi connectivity index (χ4n) is 20.3. The molecule has 11 heterocycles. The van der Waals surface area contributed by atoms with E-state index in [9.17, 15) is 34.2 Å². The lowest BCUT2D eigenvalue weighted by molar-refractivity contribution is -0.130. The molecule has 6 atom stereocenters. The van der Waals surface area contributed by atoms with E-state index in [1.54, 1.807) is 32.6 Å². The summed E-state index contributed by atoms with van der Waals surface area (Å²) in [6.45, 7) is 22.6. The average molecular weight is 2130 g/mol. The molecule has 7 aliphatic rings. The number of ether oxygens (including phenoxy) is 9. The van der Waals surface area contributed by atoms with E-state index in [1.165, 1.54) is 16.7 Å². The predicted octanol–water partition coefficient (Wildman–Crippen LogP) is 21.3. The molecule has 3 saturated heterocycles. The lowest BCUT2D eigenvalue weighted by atomic mass is 9.92. The molecule has 0 aliphatic carbocycles. The molecule has 28 nitrogen and oxygen atoms in total. The second-order valence-corrected chi connectivity index (χ2v) is 40.7. The molecule has 6 N–H and O–H groups in total. The number of rotatable bonds is 28. The number of carbonyl (C=O) groups excluding carboxylic acids is 5. The summed E-state index contributed by atoms with van der Waals surface area (Å²) in [5, 5.41) is 28.5. The number of fused-ring (bicyclic) bond motifs is 12. The molecule has 6 unspecified atom stereocenters. The number of hydrogen-bond acceptors (Lipinski definition) is 20. The van der Waals surface area contributed by atoms with Crippen molar-refractivity contribution in [2.24, 2.45) is 0 Å². The molecular weight excluding hydrogens is 2000 g/mol. The van der Waals surface area contributed by atoms with Crippen LogP contribution in [-0.4, -0.2) is 287 Å². The first-order valence-electron chi connectivity index (χ1n) is 50.1. The molecule has 20 rings (SSSR count). The number of piperazine rings is 1. The normalized spacial score (nSPS) is 17.8. The minimum absolute atomic E-state index is 0.101. The quantitative estimate of drug-likeness (QED) is 0.0151. The molecule has 0 bridgehead atoms. The predicted molar refractivity (Wildman–Crippen MR) is 574 cm³/mol. The monoisotopic (exact) mass is 2120 g/mol. The Morgan fingerprint density at radius 3 is 1.08 bits per heavy atom. The summed E-state index contributed by atoms with van der Waals surface area (Å²) >= 11 is 39.1. The van der Waals surface area contributed by atoms with Crippen molar-refractivity contribution in [2.45, 2.75) is 109 Å². The van der Waals surface area contributed by atoms with Gasteiger partial charge in [-0.1, -0.05) is 125 Å². The number of β-amino-alcohol motifs (C(OH)–C–C–N with tert-alkyl or cyclic N) is 2. The number of morpholine rings is 1. The van der Waals surface area contributed by atoms with Gasteiger partial charge in [-0.05, 0) is 231 Å². The highest BCUT2D eigenvalue weighted by Gasteiger charge is 2.41. The van der Waals surface area contributed by atoms with E-state index in [0.717, 1.165) is 207 Å². The van der Waals surface area contributed by atoms with Crippen LogP contribution in [0, 0.1) is 0 Å². The maximum atomic E-state index is 13.4. The Morgan fingerprint density at radius 2 is 0.733 bits per heavy atom. The molecule has 146 heavy (non-hydrogen) atoms.